The van der Waals surface area contributed by atoms with E-state index in [9.17, 15) is 9.59 Å². The molecule has 0 aliphatic heterocycles. The number of esters is 1. The number of ether oxygens (including phenoxy) is 1. The highest BCUT2D eigenvalue weighted by Crippen LogP contribution is 2.29. The summed E-state index contributed by atoms with van der Waals surface area (Å²) >= 11 is 1.16. The fourth-order valence-electron chi connectivity index (χ4n) is 3.23. The van der Waals surface area contributed by atoms with Gasteiger partial charge >= 0.3 is 11.6 Å². The first-order valence-corrected chi connectivity index (χ1v) is 11.3. The predicted octanol–water partition coefficient (Wildman–Crippen LogP) is 5.69. The summed E-state index contributed by atoms with van der Waals surface area (Å²) in [5, 5.41) is 3.43. The van der Waals surface area contributed by atoms with Gasteiger partial charge in [0.25, 0.3) is 6.01 Å². The molecule has 0 amide bonds. The minimum absolute atomic E-state index is 0.181. The van der Waals surface area contributed by atoms with Crippen molar-refractivity contribution >= 4 is 33.5 Å². The molecule has 30 heavy (non-hydrogen) atoms. The van der Waals surface area contributed by atoms with Gasteiger partial charge in [-0.05, 0) is 24.5 Å². The van der Waals surface area contributed by atoms with Crippen LogP contribution in [0.5, 0.6) is 0 Å². The van der Waals surface area contributed by atoms with Gasteiger partial charge in [-0.3, -0.25) is 0 Å². The number of aryl methyl sites for hydroxylation is 1. The quantitative estimate of drug-likeness (QED) is 0.312. The number of unbranched alkanes of at least 4 members (excludes halogenated alkanes) is 5. The van der Waals surface area contributed by atoms with E-state index < -0.39 is 11.6 Å². The van der Waals surface area contributed by atoms with Gasteiger partial charge in [-0.15, -0.1) is 11.3 Å². The van der Waals surface area contributed by atoms with Crippen molar-refractivity contribution in [2.45, 2.75) is 59.0 Å². The molecule has 7 heteroatoms. The lowest BCUT2D eigenvalue weighted by Crippen LogP contribution is -2.09. The second kappa shape index (κ2) is 10.9. The summed E-state index contributed by atoms with van der Waals surface area (Å²) in [7, 11) is 0. The molecule has 0 unspecified atom stereocenters. The Kier molecular flexibility index (Phi) is 8.02. The van der Waals surface area contributed by atoms with Crippen LogP contribution in [0.3, 0.4) is 0 Å². The molecule has 0 aliphatic carbocycles. The first-order valence-electron chi connectivity index (χ1n) is 10.5. The number of hydrogen-bond acceptors (Lipinski definition) is 7. The SMILES string of the molecule is CCCCCCCCNc1nc2sc(C(=O)OCc3ccccc3)c(C)c2c(=O)o1. The summed E-state index contributed by atoms with van der Waals surface area (Å²) < 4.78 is 10.7. The van der Waals surface area contributed by atoms with Crippen molar-refractivity contribution in [1.29, 1.82) is 0 Å². The average Bonchev–Trinajstić information content (AvgIpc) is 3.09. The van der Waals surface area contributed by atoms with Crippen LogP contribution in [0.15, 0.2) is 39.5 Å². The Morgan fingerprint density at radius 2 is 1.87 bits per heavy atom. The minimum atomic E-state index is -0.485. The molecule has 3 aromatic rings. The number of nitrogens with zero attached hydrogens (tertiary/aromatic N) is 1. The van der Waals surface area contributed by atoms with Crippen LogP contribution < -0.4 is 10.9 Å². The van der Waals surface area contributed by atoms with Crippen LogP contribution in [0, 0.1) is 6.92 Å². The first-order chi connectivity index (χ1) is 14.6. The second-order valence-corrected chi connectivity index (χ2v) is 8.30. The van der Waals surface area contributed by atoms with E-state index in [4.69, 9.17) is 9.15 Å². The van der Waals surface area contributed by atoms with Crippen molar-refractivity contribution in [3.63, 3.8) is 0 Å². The van der Waals surface area contributed by atoms with Gasteiger partial charge in [0, 0.05) is 6.54 Å². The van der Waals surface area contributed by atoms with E-state index in [0.29, 0.717) is 27.2 Å². The number of nitrogens with one attached hydrogen (secondary N) is 1. The monoisotopic (exact) mass is 428 g/mol. The molecule has 1 aromatic carbocycles. The maximum atomic E-state index is 12.5. The number of anilines is 1. The molecule has 0 bridgehead atoms. The molecule has 2 heterocycles. The molecule has 3 rings (SSSR count). The highest BCUT2D eigenvalue weighted by Gasteiger charge is 2.21. The number of rotatable bonds is 11. The van der Waals surface area contributed by atoms with E-state index in [1.54, 1.807) is 6.92 Å². The molecule has 0 saturated heterocycles. The van der Waals surface area contributed by atoms with Crippen molar-refractivity contribution in [2.75, 3.05) is 11.9 Å². The largest absolute Gasteiger partial charge is 0.457 e. The summed E-state index contributed by atoms with van der Waals surface area (Å²) in [4.78, 5) is 30.3. The lowest BCUT2D eigenvalue weighted by molar-refractivity contribution is 0.0478. The molecule has 2 aromatic heterocycles. The summed E-state index contributed by atoms with van der Waals surface area (Å²) in [5.74, 6) is -0.458. The summed E-state index contributed by atoms with van der Waals surface area (Å²) in [6.45, 7) is 4.80. The Labute approximate surface area is 180 Å². The number of benzene rings is 1. The highest BCUT2D eigenvalue weighted by atomic mass is 32.1. The smallest absolute Gasteiger partial charge is 0.349 e. The second-order valence-electron chi connectivity index (χ2n) is 7.30. The van der Waals surface area contributed by atoms with Crippen LogP contribution in [-0.4, -0.2) is 17.5 Å². The van der Waals surface area contributed by atoms with Gasteiger partial charge in [-0.25, -0.2) is 9.59 Å². The third kappa shape index (κ3) is 5.69. The molecule has 1 N–H and O–H groups in total. The zero-order valence-electron chi connectivity index (χ0n) is 17.5. The predicted molar refractivity (Wildman–Crippen MR) is 120 cm³/mol. The minimum Gasteiger partial charge on any atom is -0.457 e. The lowest BCUT2D eigenvalue weighted by Gasteiger charge is -2.04. The van der Waals surface area contributed by atoms with Crippen molar-refractivity contribution in [2.24, 2.45) is 0 Å². The topological polar surface area (TPSA) is 81.4 Å². The van der Waals surface area contributed by atoms with Gasteiger partial charge in [0.1, 0.15) is 21.7 Å². The Morgan fingerprint density at radius 1 is 1.13 bits per heavy atom. The van der Waals surface area contributed by atoms with E-state index in [0.717, 1.165) is 29.7 Å². The molecule has 0 atom stereocenters. The van der Waals surface area contributed by atoms with Gasteiger partial charge in [-0.2, -0.15) is 4.98 Å². The third-order valence-electron chi connectivity index (χ3n) is 4.93. The van der Waals surface area contributed by atoms with Crippen LogP contribution in [0.1, 0.15) is 66.2 Å². The molecule has 0 fully saturated rings. The van der Waals surface area contributed by atoms with Crippen LogP contribution in [0.25, 0.3) is 10.2 Å². The normalized spacial score (nSPS) is 11.0. The maximum absolute atomic E-state index is 12.5. The molecule has 0 radical (unpaired) electrons. The average molecular weight is 429 g/mol. The number of aromatic nitrogens is 1. The third-order valence-corrected chi connectivity index (χ3v) is 6.10. The standard InChI is InChI=1S/C23H28N2O4S/c1-3-4-5-6-7-11-14-24-23-25-20-18(21(26)29-23)16(2)19(30-20)22(27)28-15-17-12-9-8-10-13-17/h8-10,12-13H,3-7,11,14-15H2,1-2H3,(H,24,25). The van der Waals surface area contributed by atoms with Crippen LogP contribution in [0.2, 0.25) is 0 Å². The number of carbonyl (C=O) groups is 1. The van der Waals surface area contributed by atoms with Crippen molar-refractivity contribution in [3.8, 4) is 0 Å². The van der Waals surface area contributed by atoms with Gasteiger partial charge in [0.15, 0.2) is 0 Å². The van der Waals surface area contributed by atoms with E-state index in [2.05, 4.69) is 17.2 Å². The summed E-state index contributed by atoms with van der Waals surface area (Å²) in [6.07, 6.45) is 7.10. The van der Waals surface area contributed by atoms with Crippen LogP contribution in [-0.2, 0) is 11.3 Å². The Morgan fingerprint density at radius 3 is 2.63 bits per heavy atom. The molecular formula is C23H28N2O4S. The van der Waals surface area contributed by atoms with E-state index in [1.807, 2.05) is 30.3 Å². The maximum Gasteiger partial charge on any atom is 0.349 e. The molecule has 0 aliphatic rings. The number of hydrogen-bond donors (Lipinski definition) is 1. The molecule has 6 nitrogen and oxygen atoms in total. The Bertz CT molecular complexity index is 1030. The van der Waals surface area contributed by atoms with Crippen LogP contribution in [0.4, 0.5) is 6.01 Å². The van der Waals surface area contributed by atoms with Gasteiger partial charge in [-0.1, -0.05) is 69.4 Å². The fourth-order valence-corrected chi connectivity index (χ4v) is 4.29. The zero-order chi connectivity index (χ0) is 21.3. The summed E-state index contributed by atoms with van der Waals surface area (Å²) in [5.41, 5.74) is 0.974. The van der Waals surface area contributed by atoms with E-state index >= 15 is 0 Å². The first kappa shape index (κ1) is 22.0. The lowest BCUT2D eigenvalue weighted by atomic mass is 10.1. The number of fused-ring (bicyclic) bond motifs is 1. The molecule has 0 spiro atoms. The Hall–Kier alpha value is -2.67. The van der Waals surface area contributed by atoms with E-state index in [-0.39, 0.29) is 12.6 Å². The summed E-state index contributed by atoms with van der Waals surface area (Å²) in [6, 6.07) is 9.67. The van der Waals surface area contributed by atoms with Gasteiger partial charge < -0.3 is 14.5 Å². The Balaban J connectivity index is 1.63. The van der Waals surface area contributed by atoms with Gasteiger partial charge in [0.05, 0.1) is 0 Å². The fraction of sp³-hybridized carbons (Fsp3) is 0.435. The molecule has 0 saturated carbocycles. The van der Waals surface area contributed by atoms with Crippen molar-refractivity contribution < 1.29 is 13.9 Å². The zero-order valence-corrected chi connectivity index (χ0v) is 18.3. The molecular weight excluding hydrogens is 400 g/mol. The van der Waals surface area contributed by atoms with E-state index in [1.165, 1.54) is 25.7 Å². The van der Waals surface area contributed by atoms with Crippen molar-refractivity contribution in [3.05, 3.63) is 56.8 Å². The van der Waals surface area contributed by atoms with Crippen LogP contribution >= 0.6 is 11.3 Å². The highest BCUT2D eigenvalue weighted by molar-refractivity contribution is 7.20. The number of thiophene rings is 1. The molecule has 160 valence electrons. The number of carbonyl (C=O) groups excluding carboxylic acids is 1. The van der Waals surface area contributed by atoms with Crippen molar-refractivity contribution in [1.82, 2.24) is 4.98 Å². The van der Waals surface area contributed by atoms with Gasteiger partial charge in [0.2, 0.25) is 0 Å².